The van der Waals surface area contributed by atoms with Crippen molar-refractivity contribution in [2.24, 2.45) is 5.73 Å². The van der Waals surface area contributed by atoms with Crippen LogP contribution in [0.5, 0.6) is 5.75 Å². The minimum absolute atomic E-state index is 0.0329. The minimum Gasteiger partial charge on any atom is -0.491 e. The van der Waals surface area contributed by atoms with E-state index in [9.17, 15) is 19.2 Å². The maximum atomic E-state index is 12.8. The van der Waals surface area contributed by atoms with Crippen LogP contribution in [-0.2, 0) is 38.1 Å². The van der Waals surface area contributed by atoms with Gasteiger partial charge in [-0.2, -0.15) is 0 Å². The number of carbonyl (C=O) groups excluding carboxylic acids is 4. The lowest BCUT2D eigenvalue weighted by atomic mass is 10.0. The summed E-state index contributed by atoms with van der Waals surface area (Å²) >= 11 is 0. The zero-order chi connectivity index (χ0) is 27.2. The van der Waals surface area contributed by atoms with E-state index in [-0.39, 0.29) is 18.5 Å². The molecule has 1 saturated heterocycles. The lowest BCUT2D eigenvalue weighted by Crippen LogP contribution is -2.54. The van der Waals surface area contributed by atoms with E-state index in [4.69, 9.17) is 29.4 Å². The Balaban J connectivity index is 1.30. The summed E-state index contributed by atoms with van der Waals surface area (Å²) in [5, 5.41) is 5.07. The molecular weight excluding hydrogens is 500 g/mol. The van der Waals surface area contributed by atoms with E-state index < -0.39 is 29.7 Å². The number of nitrogens with one attached hydrogen (secondary N) is 2. The molecule has 3 rings (SSSR count). The van der Waals surface area contributed by atoms with Gasteiger partial charge in [-0.15, -0.1) is 0 Å². The third kappa shape index (κ3) is 9.19. The van der Waals surface area contributed by atoms with Crippen LogP contribution in [0, 0.1) is 0 Å². The summed E-state index contributed by atoms with van der Waals surface area (Å²) in [6.07, 6.45) is 1.30. The minimum atomic E-state index is -1.01. The molecule has 0 radical (unpaired) electrons. The fraction of sp³-hybridized carbons (Fsp3) is 0.520. The first-order valence-electron chi connectivity index (χ1n) is 12.4. The van der Waals surface area contributed by atoms with Crippen molar-refractivity contribution in [3.05, 3.63) is 36.0 Å². The van der Waals surface area contributed by atoms with E-state index in [0.717, 1.165) is 11.0 Å². The van der Waals surface area contributed by atoms with Crippen LogP contribution >= 0.6 is 0 Å². The summed E-state index contributed by atoms with van der Waals surface area (Å²) in [4.78, 5) is 49.5. The maximum Gasteiger partial charge on any atom is 0.278 e. The van der Waals surface area contributed by atoms with Crippen molar-refractivity contribution in [2.75, 3.05) is 71.3 Å². The second kappa shape index (κ2) is 15.8. The van der Waals surface area contributed by atoms with Gasteiger partial charge in [-0.25, -0.2) is 0 Å². The Kier molecular flexibility index (Phi) is 12.1. The number of piperidine rings is 1. The molecule has 13 heteroatoms. The molecule has 0 aliphatic carbocycles. The molecular formula is C25H34N4O9. The molecule has 4 N–H and O–H groups in total. The van der Waals surface area contributed by atoms with Crippen molar-refractivity contribution in [2.45, 2.75) is 18.9 Å². The Morgan fingerprint density at radius 1 is 0.895 bits per heavy atom. The van der Waals surface area contributed by atoms with Crippen molar-refractivity contribution in [1.29, 1.82) is 0 Å². The van der Waals surface area contributed by atoms with E-state index in [1.807, 2.05) is 0 Å². The SMILES string of the molecule is NCCOCCOCCOCCOCCOc1cccc(NC2=CC(=O)N(C3CCC(=O)NC3=O)C2=O)c1. The van der Waals surface area contributed by atoms with Gasteiger partial charge in [0.15, 0.2) is 0 Å². The van der Waals surface area contributed by atoms with Crippen LogP contribution < -0.4 is 21.1 Å². The predicted molar refractivity (Wildman–Crippen MR) is 134 cm³/mol. The average molecular weight is 535 g/mol. The first-order valence-corrected chi connectivity index (χ1v) is 12.4. The molecule has 1 unspecified atom stereocenters. The van der Waals surface area contributed by atoms with Crippen LogP contribution in [0.2, 0.25) is 0 Å². The normalized spacial score (nSPS) is 17.6. The van der Waals surface area contributed by atoms with Crippen molar-refractivity contribution >= 4 is 29.3 Å². The molecule has 0 aromatic heterocycles. The molecule has 13 nitrogen and oxygen atoms in total. The highest BCUT2D eigenvalue weighted by Gasteiger charge is 2.42. The highest BCUT2D eigenvalue weighted by molar-refractivity contribution is 6.20. The van der Waals surface area contributed by atoms with E-state index in [2.05, 4.69) is 10.6 Å². The van der Waals surface area contributed by atoms with Gasteiger partial charge in [-0.05, 0) is 18.6 Å². The second-order valence-corrected chi connectivity index (χ2v) is 8.28. The Labute approximate surface area is 220 Å². The van der Waals surface area contributed by atoms with Crippen LogP contribution in [0.1, 0.15) is 12.8 Å². The zero-order valence-electron chi connectivity index (χ0n) is 21.1. The summed E-state index contributed by atoms with van der Waals surface area (Å²) in [5.74, 6) is -1.78. The number of rotatable bonds is 18. The van der Waals surface area contributed by atoms with Gasteiger partial charge in [-0.3, -0.25) is 29.4 Å². The molecule has 1 atom stereocenters. The third-order valence-electron chi connectivity index (χ3n) is 5.46. The Morgan fingerprint density at radius 2 is 1.53 bits per heavy atom. The standard InChI is InChI=1S/C25H34N4O9/c26-6-7-34-8-9-35-10-11-36-12-13-37-14-15-38-19-3-1-2-18(16-19)27-20-17-23(31)29(25(20)33)21-4-5-22(30)28-24(21)32/h1-3,16-17,21,27H,4-15,26H2,(H,28,30,32). The maximum absolute atomic E-state index is 12.8. The summed E-state index contributed by atoms with van der Waals surface area (Å²) in [7, 11) is 0. The van der Waals surface area contributed by atoms with Crippen molar-refractivity contribution in [1.82, 2.24) is 10.2 Å². The lowest BCUT2D eigenvalue weighted by Gasteiger charge is -2.28. The highest BCUT2D eigenvalue weighted by Crippen LogP contribution is 2.24. The smallest absolute Gasteiger partial charge is 0.278 e. The van der Waals surface area contributed by atoms with Gasteiger partial charge in [0.2, 0.25) is 11.8 Å². The van der Waals surface area contributed by atoms with E-state index in [0.29, 0.717) is 77.4 Å². The molecule has 1 aromatic rings. The quantitative estimate of drug-likeness (QED) is 0.165. The van der Waals surface area contributed by atoms with Gasteiger partial charge in [0.25, 0.3) is 11.8 Å². The van der Waals surface area contributed by atoms with Crippen LogP contribution in [0.4, 0.5) is 5.69 Å². The molecule has 2 aliphatic rings. The molecule has 208 valence electrons. The molecule has 0 spiro atoms. The van der Waals surface area contributed by atoms with Gasteiger partial charge in [-0.1, -0.05) is 6.07 Å². The van der Waals surface area contributed by atoms with Gasteiger partial charge in [0, 0.05) is 30.8 Å². The fourth-order valence-corrected chi connectivity index (χ4v) is 3.68. The van der Waals surface area contributed by atoms with Crippen molar-refractivity contribution < 1.29 is 42.9 Å². The topological polar surface area (TPSA) is 168 Å². The number of nitrogens with two attached hydrogens (primary N) is 1. The average Bonchev–Trinajstić information content (AvgIpc) is 3.17. The van der Waals surface area contributed by atoms with Crippen molar-refractivity contribution in [3.63, 3.8) is 0 Å². The number of anilines is 1. The van der Waals surface area contributed by atoms with E-state index in [1.54, 1.807) is 24.3 Å². The molecule has 0 bridgehead atoms. The zero-order valence-corrected chi connectivity index (χ0v) is 21.1. The van der Waals surface area contributed by atoms with Crippen LogP contribution in [0.3, 0.4) is 0 Å². The van der Waals surface area contributed by atoms with Crippen LogP contribution in [0.25, 0.3) is 0 Å². The summed E-state index contributed by atoms with van der Waals surface area (Å²) < 4.78 is 27.1. The number of ether oxygens (including phenoxy) is 5. The second-order valence-electron chi connectivity index (χ2n) is 8.28. The number of imide groups is 2. The van der Waals surface area contributed by atoms with Crippen molar-refractivity contribution in [3.8, 4) is 5.75 Å². The lowest BCUT2D eigenvalue weighted by molar-refractivity contribution is -0.149. The largest absolute Gasteiger partial charge is 0.491 e. The van der Waals surface area contributed by atoms with Gasteiger partial charge in [0.05, 0.1) is 52.9 Å². The first-order chi connectivity index (χ1) is 18.5. The summed E-state index contributed by atoms with van der Waals surface area (Å²) in [6.45, 7) is 4.49. The molecule has 0 saturated carbocycles. The predicted octanol–water partition coefficient (Wildman–Crippen LogP) is -0.440. The van der Waals surface area contributed by atoms with Crippen LogP contribution in [-0.4, -0.2) is 101 Å². The van der Waals surface area contributed by atoms with E-state index >= 15 is 0 Å². The monoisotopic (exact) mass is 534 g/mol. The van der Waals surface area contributed by atoms with Gasteiger partial charge in [0.1, 0.15) is 24.1 Å². The number of hydrogen-bond donors (Lipinski definition) is 3. The first kappa shape index (κ1) is 29.2. The van der Waals surface area contributed by atoms with Gasteiger partial charge < -0.3 is 34.7 Å². The van der Waals surface area contributed by atoms with Crippen LogP contribution in [0.15, 0.2) is 36.0 Å². The Bertz CT molecular complexity index is 1000. The molecule has 2 heterocycles. The molecule has 4 amide bonds. The number of nitrogens with zero attached hydrogens (tertiary/aromatic N) is 1. The van der Waals surface area contributed by atoms with Gasteiger partial charge >= 0.3 is 0 Å². The molecule has 1 fully saturated rings. The number of amides is 4. The third-order valence-corrected chi connectivity index (χ3v) is 5.46. The number of benzene rings is 1. The summed E-state index contributed by atoms with van der Waals surface area (Å²) in [6, 6.07) is 5.87. The summed E-state index contributed by atoms with van der Waals surface area (Å²) in [5.41, 5.74) is 5.88. The van der Waals surface area contributed by atoms with E-state index in [1.165, 1.54) is 0 Å². The Morgan fingerprint density at radius 3 is 2.16 bits per heavy atom. The molecule has 38 heavy (non-hydrogen) atoms. The Hall–Kier alpha value is -3.36. The molecule has 1 aromatic carbocycles. The number of carbonyl (C=O) groups is 4. The fourth-order valence-electron chi connectivity index (χ4n) is 3.68. The molecule has 2 aliphatic heterocycles. The number of hydrogen-bond acceptors (Lipinski definition) is 11. The highest BCUT2D eigenvalue weighted by atomic mass is 16.6.